The van der Waals surface area contributed by atoms with Crippen LogP contribution in [0, 0.1) is 0 Å². The molecule has 134 valence electrons. The lowest BCUT2D eigenvalue weighted by Gasteiger charge is -2.07. The van der Waals surface area contributed by atoms with Gasteiger partial charge in [-0.1, -0.05) is 6.58 Å². The summed E-state index contributed by atoms with van der Waals surface area (Å²) in [6.07, 6.45) is 0. The van der Waals surface area contributed by atoms with Gasteiger partial charge in [0.1, 0.15) is 13.2 Å². The highest BCUT2D eigenvalue weighted by Crippen LogP contribution is 1.91. The summed E-state index contributed by atoms with van der Waals surface area (Å²) in [4.78, 5) is 21.8. The van der Waals surface area contributed by atoms with Crippen molar-refractivity contribution < 1.29 is 38.0 Å². The molecule has 0 fully saturated rings. The van der Waals surface area contributed by atoms with E-state index in [0.29, 0.717) is 51.8 Å². The van der Waals surface area contributed by atoms with Crippen molar-refractivity contribution in [3.8, 4) is 0 Å². The zero-order valence-corrected chi connectivity index (χ0v) is 13.8. The molecule has 0 saturated heterocycles. The van der Waals surface area contributed by atoms with Gasteiger partial charge in [0.05, 0.1) is 53.4 Å². The van der Waals surface area contributed by atoms with Crippen molar-refractivity contribution in [2.24, 2.45) is 0 Å². The molecule has 0 atom stereocenters. The first-order chi connectivity index (χ1) is 11.1. The molecule has 0 amide bonds. The van der Waals surface area contributed by atoms with E-state index in [-0.39, 0.29) is 13.2 Å². The number of carbonyl (C=O) groups is 2. The van der Waals surface area contributed by atoms with Crippen molar-refractivity contribution in [2.45, 2.75) is 6.92 Å². The van der Waals surface area contributed by atoms with E-state index in [1.54, 1.807) is 6.92 Å². The first-order valence-electron chi connectivity index (χ1n) is 7.28. The Labute approximate surface area is 136 Å². The van der Waals surface area contributed by atoms with Gasteiger partial charge in [0.25, 0.3) is 0 Å². The van der Waals surface area contributed by atoms with Crippen molar-refractivity contribution in [2.75, 3.05) is 66.6 Å². The van der Waals surface area contributed by atoms with Gasteiger partial charge in [0.15, 0.2) is 0 Å². The predicted octanol–water partition coefficient (Wildman–Crippen LogP) is 0.345. The highest BCUT2D eigenvalue weighted by molar-refractivity contribution is 5.86. The average Bonchev–Trinajstić information content (AvgIpc) is 2.54. The number of ether oxygens (including phenoxy) is 6. The fourth-order valence-electron chi connectivity index (χ4n) is 1.19. The van der Waals surface area contributed by atoms with Crippen LogP contribution in [-0.4, -0.2) is 78.5 Å². The van der Waals surface area contributed by atoms with Crippen LogP contribution in [0.1, 0.15) is 6.92 Å². The predicted molar refractivity (Wildman–Crippen MR) is 81.1 cm³/mol. The lowest BCUT2D eigenvalue weighted by molar-refractivity contribution is -0.146. The first kappa shape index (κ1) is 21.5. The Kier molecular flexibility index (Phi) is 14.4. The summed E-state index contributed by atoms with van der Waals surface area (Å²) in [5.74, 6) is -0.833. The number of esters is 2. The topological polar surface area (TPSA) is 89.5 Å². The number of rotatable bonds is 15. The summed E-state index contributed by atoms with van der Waals surface area (Å²) in [5, 5.41) is 0. The third-order valence-electron chi connectivity index (χ3n) is 2.37. The van der Waals surface area contributed by atoms with Crippen LogP contribution in [0.5, 0.6) is 0 Å². The van der Waals surface area contributed by atoms with Gasteiger partial charge in [-0.2, -0.15) is 0 Å². The Bertz CT molecular complexity index is 342. The van der Waals surface area contributed by atoms with E-state index in [1.807, 2.05) is 0 Å². The lowest BCUT2D eigenvalue weighted by atomic mass is 10.4. The third kappa shape index (κ3) is 15.2. The molecular formula is C15H26O8. The molecular weight excluding hydrogens is 308 g/mol. The SMILES string of the molecule is C=C(C)C(=O)OCCOCCOCCOCCOCC(=O)OC. The van der Waals surface area contributed by atoms with Crippen molar-refractivity contribution in [3.05, 3.63) is 12.2 Å². The minimum absolute atomic E-state index is 0.0740. The average molecular weight is 334 g/mol. The molecule has 0 heterocycles. The minimum Gasteiger partial charge on any atom is -0.467 e. The molecule has 8 heteroatoms. The zero-order chi connectivity index (χ0) is 17.3. The van der Waals surface area contributed by atoms with Crippen LogP contribution in [0.3, 0.4) is 0 Å². The second kappa shape index (κ2) is 15.4. The molecule has 0 aliphatic heterocycles. The highest BCUT2D eigenvalue weighted by atomic mass is 16.6. The van der Waals surface area contributed by atoms with E-state index in [1.165, 1.54) is 7.11 Å². The summed E-state index contributed by atoms with van der Waals surface area (Å²) in [5.41, 5.74) is 0.365. The van der Waals surface area contributed by atoms with Gasteiger partial charge < -0.3 is 28.4 Å². The maximum atomic E-state index is 11.0. The van der Waals surface area contributed by atoms with E-state index in [4.69, 9.17) is 23.7 Å². The molecule has 0 bridgehead atoms. The lowest BCUT2D eigenvalue weighted by Crippen LogP contribution is -2.16. The standard InChI is InChI=1S/C15H26O8/c1-13(2)15(17)23-11-10-21-7-6-19-4-5-20-8-9-22-12-14(16)18-3/h1,4-12H2,2-3H3. The zero-order valence-electron chi connectivity index (χ0n) is 13.8. The van der Waals surface area contributed by atoms with Crippen molar-refractivity contribution in [3.63, 3.8) is 0 Å². The summed E-state index contributed by atoms with van der Waals surface area (Å²) in [6, 6.07) is 0. The second-order valence-electron chi connectivity index (χ2n) is 4.38. The number of hydrogen-bond donors (Lipinski definition) is 0. The monoisotopic (exact) mass is 334 g/mol. The van der Waals surface area contributed by atoms with Gasteiger partial charge in [0.2, 0.25) is 0 Å². The Balaban J connectivity index is 3.12. The van der Waals surface area contributed by atoms with Crippen LogP contribution >= 0.6 is 0 Å². The van der Waals surface area contributed by atoms with Crippen LogP contribution < -0.4 is 0 Å². The van der Waals surface area contributed by atoms with E-state index in [0.717, 1.165) is 0 Å². The normalized spacial score (nSPS) is 10.3. The minimum atomic E-state index is -0.419. The van der Waals surface area contributed by atoms with Gasteiger partial charge in [-0.25, -0.2) is 9.59 Å². The molecule has 0 aromatic rings. The van der Waals surface area contributed by atoms with Gasteiger partial charge in [-0.3, -0.25) is 0 Å². The first-order valence-corrected chi connectivity index (χ1v) is 7.28. The van der Waals surface area contributed by atoms with Crippen LogP contribution in [0.25, 0.3) is 0 Å². The molecule has 0 saturated carbocycles. The molecule has 0 N–H and O–H groups in total. The largest absolute Gasteiger partial charge is 0.467 e. The highest BCUT2D eigenvalue weighted by Gasteiger charge is 2.02. The number of carbonyl (C=O) groups excluding carboxylic acids is 2. The van der Waals surface area contributed by atoms with Crippen molar-refractivity contribution >= 4 is 11.9 Å². The van der Waals surface area contributed by atoms with Crippen molar-refractivity contribution in [1.29, 1.82) is 0 Å². The van der Waals surface area contributed by atoms with E-state index in [2.05, 4.69) is 11.3 Å². The summed E-state index contributed by atoms with van der Waals surface area (Å²) in [6.45, 7) is 7.90. The molecule has 0 radical (unpaired) electrons. The fraction of sp³-hybridized carbons (Fsp3) is 0.733. The molecule has 0 aromatic carbocycles. The molecule has 0 spiro atoms. The molecule has 0 aliphatic carbocycles. The van der Waals surface area contributed by atoms with E-state index in [9.17, 15) is 9.59 Å². The molecule has 0 rings (SSSR count). The molecule has 23 heavy (non-hydrogen) atoms. The molecule has 0 aliphatic rings. The van der Waals surface area contributed by atoms with E-state index >= 15 is 0 Å². The Hall–Kier alpha value is -1.48. The number of hydrogen-bond acceptors (Lipinski definition) is 8. The third-order valence-corrected chi connectivity index (χ3v) is 2.37. The van der Waals surface area contributed by atoms with Crippen LogP contribution in [0.2, 0.25) is 0 Å². The second-order valence-corrected chi connectivity index (χ2v) is 4.38. The Morgan fingerprint density at radius 1 is 0.783 bits per heavy atom. The molecule has 0 unspecified atom stereocenters. The van der Waals surface area contributed by atoms with E-state index < -0.39 is 11.9 Å². The fourth-order valence-corrected chi connectivity index (χ4v) is 1.19. The Morgan fingerprint density at radius 3 is 1.65 bits per heavy atom. The van der Waals surface area contributed by atoms with Crippen molar-refractivity contribution in [1.82, 2.24) is 0 Å². The smallest absolute Gasteiger partial charge is 0.333 e. The Morgan fingerprint density at radius 2 is 1.22 bits per heavy atom. The van der Waals surface area contributed by atoms with Gasteiger partial charge >= 0.3 is 11.9 Å². The summed E-state index contributed by atoms with van der Waals surface area (Å²) < 4.78 is 30.0. The van der Waals surface area contributed by atoms with Crippen LogP contribution in [0.4, 0.5) is 0 Å². The quantitative estimate of drug-likeness (QED) is 0.241. The maximum absolute atomic E-state index is 11.0. The van der Waals surface area contributed by atoms with Gasteiger partial charge in [-0.15, -0.1) is 0 Å². The number of methoxy groups -OCH3 is 1. The maximum Gasteiger partial charge on any atom is 0.333 e. The van der Waals surface area contributed by atoms with Gasteiger partial charge in [0, 0.05) is 5.57 Å². The molecule has 8 nitrogen and oxygen atoms in total. The van der Waals surface area contributed by atoms with Crippen LogP contribution in [0.15, 0.2) is 12.2 Å². The van der Waals surface area contributed by atoms with Crippen LogP contribution in [-0.2, 0) is 38.0 Å². The summed E-state index contributed by atoms with van der Waals surface area (Å²) >= 11 is 0. The van der Waals surface area contributed by atoms with Gasteiger partial charge in [-0.05, 0) is 6.92 Å². The summed E-state index contributed by atoms with van der Waals surface area (Å²) in [7, 11) is 1.30. The molecule has 0 aromatic heterocycles.